The van der Waals surface area contributed by atoms with Gasteiger partial charge in [-0.15, -0.1) is 0 Å². The summed E-state index contributed by atoms with van der Waals surface area (Å²) in [6.45, 7) is 2.26. The Kier molecular flexibility index (Phi) is 4.54. The Morgan fingerprint density at radius 2 is 2.05 bits per heavy atom. The van der Waals surface area contributed by atoms with Crippen molar-refractivity contribution in [2.24, 2.45) is 0 Å². The van der Waals surface area contributed by atoms with Crippen molar-refractivity contribution >= 4 is 17.5 Å². The quantitative estimate of drug-likeness (QED) is 0.517. The van der Waals surface area contributed by atoms with Gasteiger partial charge in [0.25, 0.3) is 0 Å². The molecule has 1 atom stereocenters. The summed E-state index contributed by atoms with van der Waals surface area (Å²) in [5, 5.41) is 13.6. The van der Waals surface area contributed by atoms with Gasteiger partial charge in [-0.3, -0.25) is 10.1 Å². The molecule has 0 fully saturated rings. The number of hydrogen-bond acceptors (Lipinski definition) is 4. The van der Waals surface area contributed by atoms with Crippen molar-refractivity contribution in [3.8, 4) is 0 Å². The topological polar surface area (TPSA) is 68.3 Å². The Balaban J connectivity index is 2.47. The Bertz CT molecular complexity index is 675. The Morgan fingerprint density at radius 1 is 1.38 bits per heavy atom. The van der Waals surface area contributed by atoms with Crippen molar-refractivity contribution in [2.75, 3.05) is 6.54 Å². The summed E-state index contributed by atoms with van der Waals surface area (Å²) >= 11 is 5.93. The molecule has 1 aromatic heterocycles. The molecule has 0 spiro atoms. The summed E-state index contributed by atoms with van der Waals surface area (Å²) in [4.78, 5) is 9.97. The molecule has 0 radical (unpaired) electrons. The molecule has 112 valence electrons. The first-order valence-electron chi connectivity index (χ1n) is 6.06. The molecular weight excluding hydrogens is 306 g/mol. The summed E-state index contributed by atoms with van der Waals surface area (Å²) in [5.74, 6) is -2.37. The largest absolute Gasteiger partial charge is 0.433 e. The molecule has 2 aromatic rings. The van der Waals surface area contributed by atoms with Gasteiger partial charge in [-0.1, -0.05) is 18.5 Å². The van der Waals surface area contributed by atoms with Crippen LogP contribution in [0.5, 0.6) is 0 Å². The lowest BCUT2D eigenvalue weighted by Crippen LogP contribution is -2.22. The summed E-state index contributed by atoms with van der Waals surface area (Å²) in [5.41, 5.74) is 0.238. The minimum absolute atomic E-state index is 0.00102. The van der Waals surface area contributed by atoms with Crippen molar-refractivity contribution in [3.05, 3.63) is 62.4 Å². The standard InChI is InChI=1S/C13H11ClF2N2O3/c1-2-17-13(11-3-4-12(21-11)18(19)20)7-5-9(15)10(16)6-8(7)14/h3-6,13,17H,2H2,1H3. The van der Waals surface area contributed by atoms with Crippen LogP contribution in [0.1, 0.15) is 24.3 Å². The number of nitrogens with one attached hydrogen (secondary N) is 1. The first-order chi connectivity index (χ1) is 9.93. The molecule has 0 aliphatic rings. The van der Waals surface area contributed by atoms with E-state index in [0.717, 1.165) is 12.1 Å². The van der Waals surface area contributed by atoms with Crippen LogP contribution in [0.25, 0.3) is 0 Å². The second-order valence-corrected chi connectivity index (χ2v) is 4.62. The summed E-state index contributed by atoms with van der Waals surface area (Å²) in [7, 11) is 0. The predicted octanol–water partition coefficient (Wildman–Crippen LogP) is 3.82. The maximum absolute atomic E-state index is 13.4. The van der Waals surface area contributed by atoms with Crippen LogP contribution < -0.4 is 5.32 Å². The van der Waals surface area contributed by atoms with Crippen molar-refractivity contribution in [1.82, 2.24) is 5.32 Å². The molecule has 1 heterocycles. The minimum atomic E-state index is -1.07. The van der Waals surface area contributed by atoms with Gasteiger partial charge in [0.2, 0.25) is 0 Å². The highest BCUT2D eigenvalue weighted by atomic mass is 35.5. The first kappa shape index (κ1) is 15.4. The second kappa shape index (κ2) is 6.19. The van der Waals surface area contributed by atoms with E-state index < -0.39 is 28.5 Å². The maximum Gasteiger partial charge on any atom is 0.433 e. The molecule has 0 saturated heterocycles. The molecule has 8 heteroatoms. The van der Waals surface area contributed by atoms with E-state index >= 15 is 0 Å². The van der Waals surface area contributed by atoms with Crippen LogP contribution in [0.3, 0.4) is 0 Å². The number of benzene rings is 1. The van der Waals surface area contributed by atoms with Crippen LogP contribution in [0.2, 0.25) is 5.02 Å². The van der Waals surface area contributed by atoms with E-state index in [1.165, 1.54) is 12.1 Å². The molecule has 2 rings (SSSR count). The highest BCUT2D eigenvalue weighted by Crippen LogP contribution is 2.32. The van der Waals surface area contributed by atoms with E-state index in [-0.39, 0.29) is 16.3 Å². The van der Waals surface area contributed by atoms with Gasteiger partial charge in [0.1, 0.15) is 10.7 Å². The molecule has 1 aromatic carbocycles. The second-order valence-electron chi connectivity index (χ2n) is 4.21. The Labute approximate surface area is 123 Å². The fourth-order valence-electron chi connectivity index (χ4n) is 1.92. The van der Waals surface area contributed by atoms with Crippen LogP contribution in [0.15, 0.2) is 28.7 Å². The fourth-order valence-corrected chi connectivity index (χ4v) is 2.18. The van der Waals surface area contributed by atoms with Crippen LogP contribution >= 0.6 is 11.6 Å². The number of furan rings is 1. The molecule has 0 amide bonds. The molecule has 0 aliphatic carbocycles. The number of nitro groups is 1. The molecule has 5 nitrogen and oxygen atoms in total. The minimum Gasteiger partial charge on any atom is -0.404 e. The van der Waals surface area contributed by atoms with Crippen LogP contribution in [0, 0.1) is 21.7 Å². The van der Waals surface area contributed by atoms with Crippen LogP contribution in [0.4, 0.5) is 14.7 Å². The van der Waals surface area contributed by atoms with Gasteiger partial charge in [-0.2, -0.15) is 0 Å². The zero-order valence-corrected chi connectivity index (χ0v) is 11.7. The van der Waals surface area contributed by atoms with Gasteiger partial charge >= 0.3 is 5.88 Å². The molecule has 21 heavy (non-hydrogen) atoms. The summed E-state index contributed by atoms with van der Waals surface area (Å²) in [6.07, 6.45) is 0. The number of hydrogen-bond donors (Lipinski definition) is 1. The molecule has 1 N–H and O–H groups in total. The number of nitrogens with zero attached hydrogens (tertiary/aromatic N) is 1. The third kappa shape index (κ3) is 3.20. The molecular formula is C13H11ClF2N2O3. The van der Waals surface area contributed by atoms with E-state index in [1.807, 2.05) is 0 Å². The average Bonchev–Trinajstić information content (AvgIpc) is 2.90. The van der Waals surface area contributed by atoms with Gasteiger partial charge in [0.05, 0.1) is 12.1 Å². The maximum atomic E-state index is 13.4. The zero-order valence-electron chi connectivity index (χ0n) is 10.9. The van der Waals surface area contributed by atoms with Crippen molar-refractivity contribution in [2.45, 2.75) is 13.0 Å². The summed E-state index contributed by atoms with van der Waals surface area (Å²) in [6, 6.07) is 3.66. The molecule has 0 saturated carbocycles. The van der Waals surface area contributed by atoms with Gasteiger partial charge < -0.3 is 9.73 Å². The number of rotatable bonds is 5. The normalized spacial score (nSPS) is 12.4. The van der Waals surface area contributed by atoms with Crippen molar-refractivity contribution < 1.29 is 18.1 Å². The van der Waals surface area contributed by atoms with Gasteiger partial charge in [-0.05, 0) is 30.3 Å². The van der Waals surface area contributed by atoms with E-state index in [0.29, 0.717) is 6.54 Å². The molecule has 0 aliphatic heterocycles. The monoisotopic (exact) mass is 316 g/mol. The average molecular weight is 317 g/mol. The summed E-state index contributed by atoms with van der Waals surface area (Å²) < 4.78 is 31.6. The third-order valence-corrected chi connectivity index (χ3v) is 3.16. The highest BCUT2D eigenvalue weighted by molar-refractivity contribution is 6.31. The first-order valence-corrected chi connectivity index (χ1v) is 6.43. The Hall–Kier alpha value is -1.99. The van der Waals surface area contributed by atoms with Gasteiger partial charge in [0.15, 0.2) is 11.6 Å². The lowest BCUT2D eigenvalue weighted by atomic mass is 10.0. The smallest absolute Gasteiger partial charge is 0.404 e. The third-order valence-electron chi connectivity index (χ3n) is 2.84. The van der Waals surface area contributed by atoms with E-state index in [9.17, 15) is 18.9 Å². The van der Waals surface area contributed by atoms with Crippen molar-refractivity contribution in [3.63, 3.8) is 0 Å². The van der Waals surface area contributed by atoms with Crippen molar-refractivity contribution in [1.29, 1.82) is 0 Å². The predicted molar refractivity (Wildman–Crippen MR) is 72.3 cm³/mol. The lowest BCUT2D eigenvalue weighted by molar-refractivity contribution is -0.402. The lowest BCUT2D eigenvalue weighted by Gasteiger charge is -2.17. The molecule has 1 unspecified atom stereocenters. The van der Waals surface area contributed by atoms with E-state index in [4.69, 9.17) is 16.0 Å². The fraction of sp³-hybridized carbons (Fsp3) is 0.231. The highest BCUT2D eigenvalue weighted by Gasteiger charge is 2.24. The van der Waals surface area contributed by atoms with Gasteiger partial charge in [-0.25, -0.2) is 8.78 Å². The molecule has 0 bridgehead atoms. The number of halogens is 3. The SMILES string of the molecule is CCNC(c1ccc([N+](=O)[O-])o1)c1cc(F)c(F)cc1Cl. The zero-order chi connectivity index (χ0) is 15.6. The van der Waals surface area contributed by atoms with Gasteiger partial charge in [0, 0.05) is 5.02 Å². The van der Waals surface area contributed by atoms with E-state index in [2.05, 4.69) is 5.32 Å². The van der Waals surface area contributed by atoms with Crippen LogP contribution in [-0.2, 0) is 0 Å². The Morgan fingerprint density at radius 3 is 2.62 bits per heavy atom. The van der Waals surface area contributed by atoms with E-state index in [1.54, 1.807) is 6.92 Å². The van der Waals surface area contributed by atoms with Crippen LogP contribution in [-0.4, -0.2) is 11.5 Å².